The lowest BCUT2D eigenvalue weighted by Crippen LogP contribution is -1.95. The van der Waals surface area contributed by atoms with Gasteiger partial charge in [-0.05, 0) is 35.9 Å². The standard InChI is InChI=1S/C20H16N2O3/c1-2-14-25-19-5-3-4-16-9-11-17(21-20(16)19)10-6-15-7-12-18(13-8-15)22(23)24/h2-13H,1,14H2/b10-6+. The van der Waals surface area contributed by atoms with Crippen LogP contribution in [0.25, 0.3) is 23.1 Å². The van der Waals surface area contributed by atoms with Crippen LogP contribution in [0.2, 0.25) is 0 Å². The lowest BCUT2D eigenvalue weighted by Gasteiger charge is -2.07. The maximum Gasteiger partial charge on any atom is 0.269 e. The molecule has 2 aromatic carbocycles. The van der Waals surface area contributed by atoms with Gasteiger partial charge in [0.05, 0.1) is 10.6 Å². The number of pyridine rings is 1. The smallest absolute Gasteiger partial charge is 0.269 e. The van der Waals surface area contributed by atoms with E-state index in [4.69, 9.17) is 4.74 Å². The fourth-order valence-electron chi connectivity index (χ4n) is 2.38. The van der Waals surface area contributed by atoms with Gasteiger partial charge in [-0.3, -0.25) is 10.1 Å². The fourth-order valence-corrected chi connectivity index (χ4v) is 2.38. The van der Waals surface area contributed by atoms with Crippen LogP contribution in [0, 0.1) is 10.1 Å². The average Bonchev–Trinajstić information content (AvgIpc) is 2.64. The number of hydrogen-bond acceptors (Lipinski definition) is 4. The zero-order chi connectivity index (χ0) is 17.6. The van der Waals surface area contributed by atoms with Crippen LogP contribution in [-0.2, 0) is 0 Å². The van der Waals surface area contributed by atoms with E-state index >= 15 is 0 Å². The number of para-hydroxylation sites is 1. The van der Waals surface area contributed by atoms with Crippen LogP contribution < -0.4 is 4.74 Å². The molecule has 0 bridgehead atoms. The van der Waals surface area contributed by atoms with E-state index in [0.29, 0.717) is 12.4 Å². The first-order valence-electron chi connectivity index (χ1n) is 7.73. The van der Waals surface area contributed by atoms with E-state index in [-0.39, 0.29) is 5.69 Å². The average molecular weight is 332 g/mol. The molecular formula is C20H16N2O3. The highest BCUT2D eigenvalue weighted by molar-refractivity contribution is 5.86. The monoisotopic (exact) mass is 332 g/mol. The maximum atomic E-state index is 10.7. The zero-order valence-electron chi connectivity index (χ0n) is 13.5. The molecule has 0 N–H and O–H groups in total. The van der Waals surface area contributed by atoms with Crippen LogP contribution in [0.3, 0.4) is 0 Å². The van der Waals surface area contributed by atoms with Crippen LogP contribution in [0.15, 0.2) is 67.3 Å². The number of non-ortho nitro benzene ring substituents is 1. The second kappa shape index (κ2) is 7.40. The van der Waals surface area contributed by atoms with E-state index in [0.717, 1.165) is 22.2 Å². The summed E-state index contributed by atoms with van der Waals surface area (Å²) in [6.07, 6.45) is 5.42. The molecule has 124 valence electrons. The molecule has 3 aromatic rings. The van der Waals surface area contributed by atoms with Crippen molar-refractivity contribution in [2.24, 2.45) is 0 Å². The van der Waals surface area contributed by atoms with Gasteiger partial charge in [-0.15, -0.1) is 0 Å². The minimum Gasteiger partial charge on any atom is -0.487 e. The highest BCUT2D eigenvalue weighted by Crippen LogP contribution is 2.24. The summed E-state index contributed by atoms with van der Waals surface area (Å²) in [5.74, 6) is 0.711. The Bertz CT molecular complexity index is 947. The van der Waals surface area contributed by atoms with E-state index in [1.54, 1.807) is 18.2 Å². The van der Waals surface area contributed by atoms with Gasteiger partial charge in [0.2, 0.25) is 0 Å². The van der Waals surface area contributed by atoms with Gasteiger partial charge < -0.3 is 4.74 Å². The highest BCUT2D eigenvalue weighted by atomic mass is 16.6. The lowest BCUT2D eigenvalue weighted by molar-refractivity contribution is -0.384. The zero-order valence-corrected chi connectivity index (χ0v) is 13.5. The molecule has 1 heterocycles. The van der Waals surface area contributed by atoms with Crippen LogP contribution in [0.4, 0.5) is 5.69 Å². The molecule has 0 aliphatic heterocycles. The Morgan fingerprint density at radius 1 is 1.08 bits per heavy atom. The molecule has 0 amide bonds. The van der Waals surface area contributed by atoms with Crippen LogP contribution in [0.1, 0.15) is 11.3 Å². The topological polar surface area (TPSA) is 65.3 Å². The Morgan fingerprint density at radius 2 is 1.88 bits per heavy atom. The molecule has 3 rings (SSSR count). The van der Waals surface area contributed by atoms with Crippen molar-refractivity contribution in [3.63, 3.8) is 0 Å². The second-order valence-electron chi connectivity index (χ2n) is 5.35. The van der Waals surface area contributed by atoms with Gasteiger partial charge in [0, 0.05) is 17.5 Å². The molecule has 0 aliphatic carbocycles. The third-order valence-corrected chi connectivity index (χ3v) is 3.61. The SMILES string of the molecule is C=CCOc1cccc2ccc(/C=C/c3ccc([N+](=O)[O-])cc3)nc12. The number of fused-ring (bicyclic) bond motifs is 1. The van der Waals surface area contributed by atoms with Gasteiger partial charge in [0.1, 0.15) is 17.9 Å². The predicted octanol–water partition coefficient (Wildman–Crippen LogP) is 4.88. The number of benzene rings is 2. The van der Waals surface area contributed by atoms with Gasteiger partial charge in [-0.25, -0.2) is 4.98 Å². The van der Waals surface area contributed by atoms with E-state index in [9.17, 15) is 10.1 Å². The predicted molar refractivity (Wildman–Crippen MR) is 99.5 cm³/mol. The minimum atomic E-state index is -0.414. The Balaban J connectivity index is 1.87. The summed E-state index contributed by atoms with van der Waals surface area (Å²) in [6, 6.07) is 16.1. The summed E-state index contributed by atoms with van der Waals surface area (Å²) in [6.45, 7) is 4.07. The first-order valence-corrected chi connectivity index (χ1v) is 7.73. The molecule has 0 radical (unpaired) electrons. The molecule has 5 heteroatoms. The van der Waals surface area contributed by atoms with Crippen LogP contribution in [-0.4, -0.2) is 16.5 Å². The van der Waals surface area contributed by atoms with Gasteiger partial charge in [0.15, 0.2) is 0 Å². The van der Waals surface area contributed by atoms with Gasteiger partial charge >= 0.3 is 0 Å². The summed E-state index contributed by atoms with van der Waals surface area (Å²) in [5, 5.41) is 11.7. The Kier molecular flexibility index (Phi) is 4.85. The molecule has 25 heavy (non-hydrogen) atoms. The van der Waals surface area contributed by atoms with Gasteiger partial charge in [0.25, 0.3) is 5.69 Å². The van der Waals surface area contributed by atoms with Crippen LogP contribution in [0.5, 0.6) is 5.75 Å². The number of rotatable bonds is 6. The summed E-state index contributed by atoms with van der Waals surface area (Å²) in [5.41, 5.74) is 2.50. The number of hydrogen-bond donors (Lipinski definition) is 0. The highest BCUT2D eigenvalue weighted by Gasteiger charge is 2.04. The van der Waals surface area contributed by atoms with Crippen molar-refractivity contribution in [2.75, 3.05) is 6.61 Å². The van der Waals surface area contributed by atoms with Crippen molar-refractivity contribution in [3.8, 4) is 5.75 Å². The molecule has 0 atom stereocenters. The molecule has 0 fully saturated rings. The molecule has 5 nitrogen and oxygen atoms in total. The first kappa shape index (κ1) is 16.4. The third-order valence-electron chi connectivity index (χ3n) is 3.61. The van der Waals surface area contributed by atoms with Crippen molar-refractivity contribution >= 4 is 28.7 Å². The second-order valence-corrected chi connectivity index (χ2v) is 5.35. The number of aromatic nitrogens is 1. The molecule has 0 saturated heterocycles. The summed E-state index contributed by atoms with van der Waals surface area (Å²) in [4.78, 5) is 14.9. The third kappa shape index (κ3) is 3.90. The van der Waals surface area contributed by atoms with Crippen LogP contribution >= 0.6 is 0 Å². The number of ether oxygens (including phenoxy) is 1. The quantitative estimate of drug-likeness (QED) is 0.367. The molecule has 1 aromatic heterocycles. The van der Waals surface area contributed by atoms with E-state index < -0.39 is 4.92 Å². The van der Waals surface area contributed by atoms with E-state index in [1.165, 1.54) is 12.1 Å². The number of nitro benzene ring substituents is 1. The van der Waals surface area contributed by atoms with E-state index in [2.05, 4.69) is 11.6 Å². The molecule has 0 saturated carbocycles. The van der Waals surface area contributed by atoms with Crippen molar-refractivity contribution < 1.29 is 9.66 Å². The fraction of sp³-hybridized carbons (Fsp3) is 0.0500. The van der Waals surface area contributed by atoms with Gasteiger partial charge in [-0.2, -0.15) is 0 Å². The molecule has 0 spiro atoms. The normalized spacial score (nSPS) is 10.9. The Labute approximate surface area is 145 Å². The summed E-state index contributed by atoms with van der Waals surface area (Å²) >= 11 is 0. The number of nitrogens with zero attached hydrogens (tertiary/aromatic N) is 2. The lowest BCUT2D eigenvalue weighted by atomic mass is 10.1. The molecular weight excluding hydrogens is 316 g/mol. The van der Waals surface area contributed by atoms with Crippen molar-refractivity contribution in [1.82, 2.24) is 4.98 Å². The molecule has 0 aliphatic rings. The Morgan fingerprint density at radius 3 is 2.60 bits per heavy atom. The number of nitro groups is 1. The van der Waals surface area contributed by atoms with E-state index in [1.807, 2.05) is 42.5 Å². The summed E-state index contributed by atoms with van der Waals surface area (Å²) < 4.78 is 5.65. The Hall–Kier alpha value is -3.47. The largest absolute Gasteiger partial charge is 0.487 e. The van der Waals surface area contributed by atoms with Crippen molar-refractivity contribution in [2.45, 2.75) is 0 Å². The maximum absolute atomic E-state index is 10.7. The minimum absolute atomic E-state index is 0.0741. The first-order chi connectivity index (χ1) is 12.2. The molecule has 0 unspecified atom stereocenters. The van der Waals surface area contributed by atoms with Crippen molar-refractivity contribution in [1.29, 1.82) is 0 Å². The summed E-state index contributed by atoms with van der Waals surface area (Å²) in [7, 11) is 0. The van der Waals surface area contributed by atoms with Crippen molar-refractivity contribution in [3.05, 3.63) is 88.6 Å². The van der Waals surface area contributed by atoms with Gasteiger partial charge in [-0.1, -0.05) is 36.9 Å².